The van der Waals surface area contributed by atoms with Crippen LogP contribution in [-0.4, -0.2) is 16.9 Å². The maximum absolute atomic E-state index is 12.0. The third-order valence-corrected chi connectivity index (χ3v) is 3.27. The van der Waals surface area contributed by atoms with E-state index in [4.69, 9.17) is 21.6 Å². The third kappa shape index (κ3) is 3.06. The molecule has 0 saturated heterocycles. The highest BCUT2D eigenvalue weighted by Gasteiger charge is 2.11. The van der Waals surface area contributed by atoms with Crippen LogP contribution in [0, 0.1) is 11.3 Å². The lowest BCUT2D eigenvalue weighted by molar-refractivity contribution is 0.415. The fraction of sp³-hybridized carbons (Fsp3) is 0.267. The lowest BCUT2D eigenvalue weighted by Crippen LogP contribution is -2.25. The largest absolute Gasteiger partial charge is 0.495 e. The first kappa shape index (κ1) is 15.1. The molecule has 1 aromatic carbocycles. The van der Waals surface area contributed by atoms with Crippen LogP contribution in [0.3, 0.4) is 0 Å². The molecule has 108 valence electrons. The lowest BCUT2D eigenvalue weighted by Gasteiger charge is -2.09. The highest BCUT2D eigenvalue weighted by atomic mass is 35.5. The molecule has 0 amide bonds. The van der Waals surface area contributed by atoms with Crippen LogP contribution in [0.25, 0.3) is 11.3 Å². The number of methoxy groups -OCH3 is 1. The van der Waals surface area contributed by atoms with E-state index in [1.54, 1.807) is 18.2 Å². The minimum Gasteiger partial charge on any atom is -0.495 e. The number of rotatable bonds is 4. The topological polar surface area (TPSA) is 67.9 Å². The molecule has 0 N–H and O–H groups in total. The predicted molar refractivity (Wildman–Crippen MR) is 80.5 cm³/mol. The first-order chi connectivity index (χ1) is 10.1. The summed E-state index contributed by atoms with van der Waals surface area (Å²) in [5.41, 5.74) is 0.953. The Morgan fingerprint density at radius 2 is 2.19 bits per heavy atom. The van der Waals surface area contributed by atoms with E-state index in [2.05, 4.69) is 5.10 Å². The summed E-state index contributed by atoms with van der Waals surface area (Å²) in [5.74, 6) is 0.558. The minimum atomic E-state index is -0.372. The van der Waals surface area contributed by atoms with E-state index in [1.165, 1.54) is 17.9 Å². The molecule has 1 aromatic heterocycles. The molecule has 0 spiro atoms. The fourth-order valence-electron chi connectivity index (χ4n) is 1.95. The Morgan fingerprint density at radius 3 is 2.76 bits per heavy atom. The van der Waals surface area contributed by atoms with Crippen molar-refractivity contribution in [3.05, 3.63) is 45.2 Å². The van der Waals surface area contributed by atoms with Crippen LogP contribution < -0.4 is 10.3 Å². The Labute approximate surface area is 127 Å². The molecular formula is C15H14ClN3O2. The van der Waals surface area contributed by atoms with Gasteiger partial charge in [0.15, 0.2) is 0 Å². The van der Waals surface area contributed by atoms with E-state index in [0.29, 0.717) is 23.0 Å². The summed E-state index contributed by atoms with van der Waals surface area (Å²) >= 11 is 6.10. The fourth-order valence-corrected chi connectivity index (χ4v) is 2.21. The summed E-state index contributed by atoms with van der Waals surface area (Å²) in [6.45, 7) is 2.41. The van der Waals surface area contributed by atoms with Gasteiger partial charge in [0.05, 0.1) is 17.8 Å². The molecule has 2 aromatic rings. The van der Waals surface area contributed by atoms with Gasteiger partial charge in [-0.1, -0.05) is 18.5 Å². The predicted octanol–water partition coefficient (Wildman–Crippen LogP) is 2.85. The molecule has 0 unspecified atom stereocenters. The van der Waals surface area contributed by atoms with Gasteiger partial charge in [-0.05, 0) is 30.7 Å². The van der Waals surface area contributed by atoms with Crippen molar-refractivity contribution in [2.24, 2.45) is 0 Å². The van der Waals surface area contributed by atoms with E-state index in [1.807, 2.05) is 13.0 Å². The van der Waals surface area contributed by atoms with Crippen molar-refractivity contribution >= 4 is 11.6 Å². The monoisotopic (exact) mass is 303 g/mol. The Bertz CT molecular complexity index is 762. The van der Waals surface area contributed by atoms with Gasteiger partial charge in [0, 0.05) is 12.1 Å². The molecule has 0 atom stereocenters. The van der Waals surface area contributed by atoms with Gasteiger partial charge in [0.25, 0.3) is 5.56 Å². The van der Waals surface area contributed by atoms with Gasteiger partial charge < -0.3 is 4.74 Å². The van der Waals surface area contributed by atoms with E-state index >= 15 is 0 Å². The van der Waals surface area contributed by atoms with E-state index in [-0.39, 0.29) is 11.1 Å². The van der Waals surface area contributed by atoms with Crippen LogP contribution in [0.4, 0.5) is 0 Å². The molecule has 0 fully saturated rings. The van der Waals surface area contributed by atoms with Gasteiger partial charge in [-0.2, -0.15) is 10.4 Å². The van der Waals surface area contributed by atoms with Crippen molar-refractivity contribution in [3.8, 4) is 23.1 Å². The molecule has 0 aliphatic rings. The molecule has 0 radical (unpaired) electrons. The zero-order valence-corrected chi connectivity index (χ0v) is 12.5. The van der Waals surface area contributed by atoms with Crippen molar-refractivity contribution in [2.45, 2.75) is 19.9 Å². The molecule has 0 saturated carbocycles. The van der Waals surface area contributed by atoms with Gasteiger partial charge in [0.2, 0.25) is 0 Å². The van der Waals surface area contributed by atoms with Crippen LogP contribution in [-0.2, 0) is 6.54 Å². The number of nitrogens with zero attached hydrogens (tertiary/aromatic N) is 3. The Balaban J connectivity index is 2.59. The number of ether oxygens (including phenoxy) is 1. The maximum atomic E-state index is 12.0. The normalized spacial score (nSPS) is 10.2. The summed E-state index contributed by atoms with van der Waals surface area (Å²) < 4.78 is 6.41. The molecular weight excluding hydrogens is 290 g/mol. The van der Waals surface area contributed by atoms with Crippen LogP contribution in [0.15, 0.2) is 29.1 Å². The average Bonchev–Trinajstić information content (AvgIpc) is 2.49. The summed E-state index contributed by atoms with van der Waals surface area (Å²) in [5, 5.41) is 13.8. The lowest BCUT2D eigenvalue weighted by atomic mass is 10.1. The molecule has 0 bridgehead atoms. The minimum absolute atomic E-state index is 0.0698. The van der Waals surface area contributed by atoms with Crippen LogP contribution in [0.2, 0.25) is 5.02 Å². The first-order valence-corrected chi connectivity index (χ1v) is 6.84. The second-order valence-corrected chi connectivity index (χ2v) is 4.84. The maximum Gasteiger partial charge on any atom is 0.284 e. The summed E-state index contributed by atoms with van der Waals surface area (Å²) in [6.07, 6.45) is 0.755. The Hall–Kier alpha value is -2.32. The van der Waals surface area contributed by atoms with Gasteiger partial charge in [-0.25, -0.2) is 4.68 Å². The number of hydrogen-bond donors (Lipinski definition) is 0. The van der Waals surface area contributed by atoms with Crippen molar-refractivity contribution in [2.75, 3.05) is 7.11 Å². The smallest absolute Gasteiger partial charge is 0.284 e. The van der Waals surface area contributed by atoms with Gasteiger partial charge in [-0.3, -0.25) is 4.79 Å². The number of hydrogen-bond acceptors (Lipinski definition) is 4. The summed E-state index contributed by atoms with van der Waals surface area (Å²) in [7, 11) is 1.54. The van der Waals surface area contributed by atoms with Gasteiger partial charge in [-0.15, -0.1) is 0 Å². The number of nitriles is 1. The molecule has 0 aliphatic heterocycles. The van der Waals surface area contributed by atoms with Crippen molar-refractivity contribution < 1.29 is 4.74 Å². The Kier molecular flexibility index (Phi) is 4.61. The molecule has 0 aliphatic carbocycles. The summed E-state index contributed by atoms with van der Waals surface area (Å²) in [4.78, 5) is 12.0. The second-order valence-electron chi connectivity index (χ2n) is 4.43. The zero-order valence-electron chi connectivity index (χ0n) is 11.8. The van der Waals surface area contributed by atoms with Crippen LogP contribution in [0.5, 0.6) is 5.75 Å². The van der Waals surface area contributed by atoms with E-state index in [9.17, 15) is 4.79 Å². The van der Waals surface area contributed by atoms with Crippen molar-refractivity contribution in [1.29, 1.82) is 5.26 Å². The van der Waals surface area contributed by atoms with E-state index < -0.39 is 0 Å². The average molecular weight is 304 g/mol. The highest BCUT2D eigenvalue weighted by Crippen LogP contribution is 2.29. The van der Waals surface area contributed by atoms with E-state index in [0.717, 1.165) is 12.0 Å². The number of benzene rings is 1. The third-order valence-electron chi connectivity index (χ3n) is 2.98. The SMILES string of the molecule is CCCn1nc(-c2ccc(OC)c(Cl)c2)cc(C#N)c1=O. The standard InChI is InChI=1S/C15H14ClN3O2/c1-3-6-19-15(20)11(9-17)8-13(18-19)10-4-5-14(21-2)12(16)7-10/h4-5,7-8H,3,6H2,1-2H3. The quantitative estimate of drug-likeness (QED) is 0.871. The van der Waals surface area contributed by atoms with Crippen molar-refractivity contribution in [1.82, 2.24) is 9.78 Å². The molecule has 5 nitrogen and oxygen atoms in total. The van der Waals surface area contributed by atoms with Crippen LogP contribution >= 0.6 is 11.6 Å². The van der Waals surface area contributed by atoms with Crippen molar-refractivity contribution in [3.63, 3.8) is 0 Å². The van der Waals surface area contributed by atoms with Gasteiger partial charge >= 0.3 is 0 Å². The number of aryl methyl sites for hydroxylation is 1. The molecule has 1 heterocycles. The Morgan fingerprint density at radius 1 is 1.43 bits per heavy atom. The highest BCUT2D eigenvalue weighted by molar-refractivity contribution is 6.32. The second kappa shape index (κ2) is 6.42. The summed E-state index contributed by atoms with van der Waals surface area (Å²) in [6, 6.07) is 8.60. The number of halogens is 1. The van der Waals surface area contributed by atoms with Crippen LogP contribution in [0.1, 0.15) is 18.9 Å². The molecule has 6 heteroatoms. The zero-order chi connectivity index (χ0) is 15.4. The number of aromatic nitrogens is 2. The first-order valence-electron chi connectivity index (χ1n) is 6.47. The molecule has 21 heavy (non-hydrogen) atoms. The molecule has 2 rings (SSSR count). The van der Waals surface area contributed by atoms with Gasteiger partial charge in [0.1, 0.15) is 17.4 Å².